The van der Waals surface area contributed by atoms with Crippen LogP contribution >= 0.6 is 95.6 Å². The Hall–Kier alpha value is -1.63. The lowest BCUT2D eigenvalue weighted by atomic mass is 9.72. The number of rotatable bonds is 12. The Bertz CT molecular complexity index is 1550. The fraction of sp³-hybridized carbons (Fsp3) is 0.433. The molecule has 6 N–H and O–H groups in total. The summed E-state index contributed by atoms with van der Waals surface area (Å²) in [6, 6.07) is 6.94. The lowest BCUT2D eigenvalue weighted by Gasteiger charge is -2.44. The second-order valence-electron chi connectivity index (χ2n) is 10.9. The summed E-state index contributed by atoms with van der Waals surface area (Å²) in [6.45, 7) is 1.27. The third kappa shape index (κ3) is 14.4. The molecule has 0 aromatic heterocycles. The van der Waals surface area contributed by atoms with Crippen molar-refractivity contribution < 1.29 is 60.5 Å². The summed E-state index contributed by atoms with van der Waals surface area (Å²) in [5.41, 5.74) is 11.3. The summed E-state index contributed by atoms with van der Waals surface area (Å²) in [4.78, 5) is 62.6. The minimum atomic E-state index is -5.08. The van der Waals surface area contributed by atoms with E-state index >= 15 is 0 Å². The number of carbonyl (C=O) groups is 5. The Kier molecular flexibility index (Phi) is 20.1. The number of aliphatic carboxylic acids is 2. The number of benzene rings is 2. The number of carboxylic acids is 2. The lowest BCUT2D eigenvalue weighted by Crippen LogP contribution is -2.66. The molecular formula is C30H30Br6F6N4O7. The highest BCUT2D eigenvalue weighted by Gasteiger charge is 2.57. The Morgan fingerprint density at radius 3 is 1.13 bits per heavy atom. The summed E-state index contributed by atoms with van der Waals surface area (Å²) in [6.07, 6.45) is -7.58. The molecule has 2 aromatic carbocycles. The molecule has 3 rings (SSSR count). The molecular weight excluding hydrogens is 1120 g/mol. The minimum absolute atomic E-state index is 0.0886. The van der Waals surface area contributed by atoms with Crippen molar-refractivity contribution in [2.45, 2.75) is 50.9 Å². The van der Waals surface area contributed by atoms with Crippen molar-refractivity contribution in [1.82, 2.24) is 9.80 Å². The lowest BCUT2D eigenvalue weighted by molar-refractivity contribution is -0.193. The zero-order valence-electron chi connectivity index (χ0n) is 26.9. The van der Waals surface area contributed by atoms with Crippen molar-refractivity contribution in [2.75, 3.05) is 26.2 Å². The van der Waals surface area contributed by atoms with Gasteiger partial charge in [0.2, 0.25) is 11.8 Å². The second-order valence-corrected chi connectivity index (χ2v) is 16.1. The molecule has 4 amide bonds. The van der Waals surface area contributed by atoms with Crippen molar-refractivity contribution in [1.29, 1.82) is 0 Å². The van der Waals surface area contributed by atoms with E-state index in [0.29, 0.717) is 38.8 Å². The number of carbonyl (C=O) groups excluding carboxylic acids is 3. The molecule has 0 unspecified atom stereocenters. The van der Waals surface area contributed by atoms with Gasteiger partial charge < -0.3 is 21.7 Å². The number of imide groups is 2. The van der Waals surface area contributed by atoms with Crippen molar-refractivity contribution in [3.05, 3.63) is 62.2 Å². The van der Waals surface area contributed by atoms with Gasteiger partial charge in [-0.15, -0.1) is 0 Å². The van der Waals surface area contributed by atoms with Gasteiger partial charge in [-0.3, -0.25) is 19.4 Å². The van der Waals surface area contributed by atoms with E-state index < -0.39 is 47.6 Å². The van der Waals surface area contributed by atoms with E-state index in [-0.39, 0.29) is 25.9 Å². The molecule has 296 valence electrons. The average molecular weight is 1150 g/mol. The first-order valence-electron chi connectivity index (χ1n) is 14.8. The van der Waals surface area contributed by atoms with E-state index in [9.17, 15) is 40.7 Å². The SMILES string of the molecule is NCCCCN1C(=O)N(CCCCN)C(=O)C(Cc2cc(Br)c(Br)cc2Br)(Cc2cc(Br)c(Br)cc2Br)C1=O.O=C(O)C(F)(F)F.O=C(O)C(F)(F)F. The molecule has 11 nitrogen and oxygen atoms in total. The first kappa shape index (κ1) is 49.4. The molecule has 0 atom stereocenters. The molecule has 23 heteroatoms. The highest BCUT2D eigenvalue weighted by Crippen LogP contribution is 2.42. The van der Waals surface area contributed by atoms with Crippen molar-refractivity contribution >= 4 is 125 Å². The molecule has 0 radical (unpaired) electrons. The van der Waals surface area contributed by atoms with Gasteiger partial charge in [0.25, 0.3) is 0 Å². The van der Waals surface area contributed by atoms with Crippen molar-refractivity contribution in [3.63, 3.8) is 0 Å². The van der Waals surface area contributed by atoms with Crippen LogP contribution in [0.2, 0.25) is 0 Å². The van der Waals surface area contributed by atoms with E-state index in [1.165, 1.54) is 9.80 Å². The van der Waals surface area contributed by atoms with Gasteiger partial charge >= 0.3 is 30.3 Å². The number of carboxylic acid groups (broad SMARTS) is 2. The molecule has 1 heterocycles. The zero-order chi connectivity index (χ0) is 41.1. The molecule has 2 aromatic rings. The summed E-state index contributed by atoms with van der Waals surface area (Å²) < 4.78 is 68.2. The van der Waals surface area contributed by atoms with Gasteiger partial charge in [0.05, 0.1) is 0 Å². The van der Waals surface area contributed by atoms with E-state index in [2.05, 4.69) is 95.6 Å². The van der Waals surface area contributed by atoms with E-state index in [4.69, 9.17) is 31.3 Å². The monoisotopic (exact) mass is 1150 g/mol. The molecule has 0 spiro atoms. The van der Waals surface area contributed by atoms with Crippen LogP contribution in [0, 0.1) is 5.41 Å². The Balaban J connectivity index is 0.000000845. The number of unbranched alkanes of at least 4 members (excludes halogenated alkanes) is 2. The summed E-state index contributed by atoms with van der Waals surface area (Å²) in [5, 5.41) is 14.2. The van der Waals surface area contributed by atoms with Crippen LogP contribution in [0.15, 0.2) is 51.1 Å². The first-order valence-corrected chi connectivity index (χ1v) is 19.6. The maximum atomic E-state index is 14.4. The highest BCUT2D eigenvalue weighted by molar-refractivity contribution is 9.13. The predicted molar refractivity (Wildman–Crippen MR) is 202 cm³/mol. The second kappa shape index (κ2) is 21.6. The average Bonchev–Trinajstić information content (AvgIpc) is 3.04. The molecule has 0 aliphatic carbocycles. The van der Waals surface area contributed by atoms with Crippen molar-refractivity contribution in [3.8, 4) is 0 Å². The van der Waals surface area contributed by atoms with Gasteiger partial charge in [-0.25, -0.2) is 14.4 Å². The van der Waals surface area contributed by atoms with Crippen LogP contribution in [-0.4, -0.2) is 88.3 Å². The summed E-state index contributed by atoms with van der Waals surface area (Å²) >= 11 is 21.4. The topological polar surface area (TPSA) is 184 Å². The molecule has 53 heavy (non-hydrogen) atoms. The molecule has 1 fully saturated rings. The number of barbiturate groups is 1. The number of hydrogen-bond acceptors (Lipinski definition) is 7. The van der Waals surface area contributed by atoms with E-state index in [1.807, 2.05) is 24.3 Å². The highest BCUT2D eigenvalue weighted by atomic mass is 79.9. The maximum absolute atomic E-state index is 14.4. The van der Waals surface area contributed by atoms with Gasteiger partial charge in [0, 0.05) is 39.9 Å². The molecule has 0 saturated carbocycles. The van der Waals surface area contributed by atoms with Gasteiger partial charge in [-0.05, 0) is 151 Å². The van der Waals surface area contributed by atoms with E-state index in [1.54, 1.807) is 0 Å². The van der Waals surface area contributed by atoms with Crippen LogP contribution in [0.5, 0.6) is 0 Å². The van der Waals surface area contributed by atoms with Crippen LogP contribution in [0.25, 0.3) is 0 Å². The number of halogens is 12. The minimum Gasteiger partial charge on any atom is -0.475 e. The predicted octanol–water partition coefficient (Wildman–Crippen LogP) is 8.57. The van der Waals surface area contributed by atoms with Crippen LogP contribution in [0.1, 0.15) is 36.8 Å². The quantitative estimate of drug-likeness (QED) is 0.0700. The van der Waals surface area contributed by atoms with Crippen LogP contribution in [0.3, 0.4) is 0 Å². The largest absolute Gasteiger partial charge is 0.490 e. The third-order valence-electron chi connectivity index (χ3n) is 7.09. The number of urea groups is 1. The summed E-state index contributed by atoms with van der Waals surface area (Å²) in [7, 11) is 0. The molecule has 1 aliphatic rings. The summed E-state index contributed by atoms with van der Waals surface area (Å²) in [5.74, 6) is -6.51. The standard InChI is InChI=1S/C26H28Br6N4O3.2C2HF3O2/c27-17-11-21(31)19(29)9-15(17)13-26(14-16-10-20(30)22(32)12-18(16)28)23(37)35(7-3-1-5-33)25(39)36(24(26)38)8-4-2-6-34;2*3-2(4,5)1(6)7/h9-12H,1-8,13-14,33-34H2;2*(H,6,7). The smallest absolute Gasteiger partial charge is 0.475 e. The van der Waals surface area contributed by atoms with Crippen LogP contribution in [-0.2, 0) is 32.0 Å². The normalized spacial score (nSPS) is 14.3. The fourth-order valence-corrected chi connectivity index (χ4v) is 7.61. The van der Waals surface area contributed by atoms with Gasteiger partial charge in [-0.2, -0.15) is 26.3 Å². The number of nitrogens with two attached hydrogens (primary N) is 2. The number of alkyl halides is 6. The van der Waals surface area contributed by atoms with Crippen molar-refractivity contribution in [2.24, 2.45) is 16.9 Å². The van der Waals surface area contributed by atoms with Gasteiger partial charge in [0.1, 0.15) is 5.41 Å². The third-order valence-corrected chi connectivity index (χ3v) is 12.3. The molecule has 1 saturated heterocycles. The zero-order valence-corrected chi connectivity index (χ0v) is 36.4. The maximum Gasteiger partial charge on any atom is 0.490 e. The first-order chi connectivity index (χ1) is 24.3. The molecule has 1 aliphatic heterocycles. The molecule has 0 bridgehead atoms. The van der Waals surface area contributed by atoms with Crippen LogP contribution < -0.4 is 11.5 Å². The van der Waals surface area contributed by atoms with Crippen LogP contribution in [0.4, 0.5) is 31.1 Å². The number of amides is 4. The van der Waals surface area contributed by atoms with Gasteiger partial charge in [-0.1, -0.05) is 31.9 Å². The number of hydrogen-bond donors (Lipinski definition) is 4. The fourth-order valence-electron chi connectivity index (χ4n) is 4.56. The Morgan fingerprint density at radius 2 is 0.868 bits per heavy atom. The Labute approximate surface area is 349 Å². The Morgan fingerprint density at radius 1 is 0.585 bits per heavy atom. The van der Waals surface area contributed by atoms with Gasteiger partial charge in [0.15, 0.2) is 0 Å². The number of nitrogens with zero attached hydrogens (tertiary/aromatic N) is 2. The van der Waals surface area contributed by atoms with E-state index in [0.717, 1.165) is 38.0 Å².